The number of carbonyl (C=O) groups is 1. The minimum atomic E-state index is -0.267. The van der Waals surface area contributed by atoms with Crippen LogP contribution in [0.3, 0.4) is 0 Å². The maximum absolute atomic E-state index is 13.1. The van der Waals surface area contributed by atoms with E-state index in [1.165, 1.54) is 23.5 Å². The Balaban J connectivity index is 1.35. The van der Waals surface area contributed by atoms with Crippen molar-refractivity contribution in [2.75, 3.05) is 31.6 Å². The molecule has 0 radical (unpaired) electrons. The Bertz CT molecular complexity index is 1020. The number of likely N-dealkylation sites (N-methyl/N-ethyl adjacent to an activating group) is 1. The standard InChI is InChI=1S/C22H22FN3O3S/c1-2-26(12-18-14-30-22(25-18)15-3-5-16(23)6-4-15)13-21(27)24-17-7-8-19-20(11-17)29-10-9-28-19/h3-8,11,14H,2,9-10,12-13H2,1H3,(H,24,27). The van der Waals surface area contributed by atoms with Gasteiger partial charge in [0.15, 0.2) is 11.5 Å². The minimum Gasteiger partial charge on any atom is -0.486 e. The molecule has 8 heteroatoms. The summed E-state index contributed by atoms with van der Waals surface area (Å²) >= 11 is 1.51. The van der Waals surface area contributed by atoms with Gasteiger partial charge in [-0.1, -0.05) is 6.92 Å². The van der Waals surface area contributed by atoms with Crippen molar-refractivity contribution in [2.45, 2.75) is 13.5 Å². The highest BCUT2D eigenvalue weighted by Gasteiger charge is 2.15. The molecule has 6 nitrogen and oxygen atoms in total. The number of nitrogens with zero attached hydrogens (tertiary/aromatic N) is 2. The Labute approximate surface area is 178 Å². The van der Waals surface area contributed by atoms with Crippen LogP contribution in [-0.4, -0.2) is 42.1 Å². The van der Waals surface area contributed by atoms with Crippen LogP contribution in [0.4, 0.5) is 10.1 Å². The normalized spacial score (nSPS) is 12.8. The fraction of sp³-hybridized carbons (Fsp3) is 0.273. The lowest BCUT2D eigenvalue weighted by molar-refractivity contribution is -0.117. The number of aromatic nitrogens is 1. The predicted molar refractivity (Wildman–Crippen MR) is 115 cm³/mol. The maximum atomic E-state index is 13.1. The zero-order valence-electron chi connectivity index (χ0n) is 16.6. The summed E-state index contributed by atoms with van der Waals surface area (Å²) in [7, 11) is 0. The van der Waals surface area contributed by atoms with Crippen LogP contribution in [-0.2, 0) is 11.3 Å². The highest BCUT2D eigenvalue weighted by Crippen LogP contribution is 2.32. The molecule has 3 aromatic rings. The van der Waals surface area contributed by atoms with E-state index in [9.17, 15) is 9.18 Å². The van der Waals surface area contributed by atoms with E-state index < -0.39 is 0 Å². The number of nitrogens with one attached hydrogen (secondary N) is 1. The number of hydrogen-bond donors (Lipinski definition) is 1. The van der Waals surface area contributed by atoms with Gasteiger partial charge in [0, 0.05) is 29.2 Å². The summed E-state index contributed by atoms with van der Waals surface area (Å²) in [6.45, 7) is 4.55. The molecule has 0 saturated carbocycles. The average Bonchev–Trinajstić information content (AvgIpc) is 3.22. The first-order chi connectivity index (χ1) is 14.6. The van der Waals surface area contributed by atoms with Gasteiger partial charge in [0.05, 0.1) is 12.2 Å². The Morgan fingerprint density at radius 3 is 2.70 bits per heavy atom. The first-order valence-corrected chi connectivity index (χ1v) is 10.6. The van der Waals surface area contributed by atoms with Crippen LogP contribution in [0.5, 0.6) is 11.5 Å². The molecule has 156 valence electrons. The third-order valence-electron chi connectivity index (χ3n) is 4.67. The molecular formula is C22H22FN3O3S. The van der Waals surface area contributed by atoms with E-state index in [0.29, 0.717) is 43.5 Å². The van der Waals surface area contributed by atoms with Crippen molar-refractivity contribution in [3.8, 4) is 22.1 Å². The van der Waals surface area contributed by atoms with Gasteiger partial charge in [0.2, 0.25) is 5.91 Å². The van der Waals surface area contributed by atoms with Crippen LogP contribution >= 0.6 is 11.3 Å². The number of ether oxygens (including phenoxy) is 2. The lowest BCUT2D eigenvalue weighted by Gasteiger charge is -2.20. The fourth-order valence-electron chi connectivity index (χ4n) is 3.14. The lowest BCUT2D eigenvalue weighted by atomic mass is 10.2. The molecule has 0 atom stereocenters. The van der Waals surface area contributed by atoms with Crippen LogP contribution in [0.2, 0.25) is 0 Å². The molecule has 30 heavy (non-hydrogen) atoms. The Hall–Kier alpha value is -2.97. The van der Waals surface area contributed by atoms with Crippen LogP contribution in [0, 0.1) is 5.82 Å². The maximum Gasteiger partial charge on any atom is 0.238 e. The monoisotopic (exact) mass is 427 g/mol. The van der Waals surface area contributed by atoms with Gasteiger partial charge in [-0.25, -0.2) is 9.37 Å². The quantitative estimate of drug-likeness (QED) is 0.613. The van der Waals surface area contributed by atoms with Gasteiger partial charge in [-0.3, -0.25) is 9.69 Å². The molecule has 2 heterocycles. The summed E-state index contributed by atoms with van der Waals surface area (Å²) in [5, 5.41) is 5.72. The van der Waals surface area contributed by atoms with Crippen molar-refractivity contribution in [1.29, 1.82) is 0 Å². The number of rotatable bonds is 7. The second kappa shape index (κ2) is 9.23. The molecule has 1 amide bonds. The van der Waals surface area contributed by atoms with Crippen LogP contribution < -0.4 is 14.8 Å². The highest BCUT2D eigenvalue weighted by atomic mass is 32.1. The van der Waals surface area contributed by atoms with Crippen molar-refractivity contribution in [2.24, 2.45) is 0 Å². The summed E-state index contributed by atoms with van der Waals surface area (Å²) in [5.74, 6) is 0.955. The minimum absolute atomic E-state index is 0.109. The third-order valence-corrected chi connectivity index (χ3v) is 5.61. The lowest BCUT2D eigenvalue weighted by Crippen LogP contribution is -2.32. The molecule has 2 aromatic carbocycles. The molecule has 0 unspecified atom stereocenters. The topological polar surface area (TPSA) is 63.7 Å². The summed E-state index contributed by atoms with van der Waals surface area (Å²) < 4.78 is 24.2. The van der Waals surface area contributed by atoms with Crippen molar-refractivity contribution in [3.05, 3.63) is 59.4 Å². The molecule has 1 N–H and O–H groups in total. The molecule has 4 rings (SSSR count). The SMILES string of the molecule is CCN(CC(=O)Nc1ccc2c(c1)OCCO2)Cc1csc(-c2ccc(F)cc2)n1. The van der Waals surface area contributed by atoms with Crippen LogP contribution in [0.25, 0.3) is 10.6 Å². The zero-order chi connectivity index (χ0) is 20.9. The van der Waals surface area contributed by atoms with E-state index in [1.54, 1.807) is 30.3 Å². The predicted octanol–water partition coefficient (Wildman–Crippen LogP) is 4.18. The molecule has 0 saturated heterocycles. The average molecular weight is 428 g/mol. The number of carbonyl (C=O) groups excluding carboxylic acids is 1. The van der Waals surface area contributed by atoms with Gasteiger partial charge in [0.1, 0.15) is 24.0 Å². The van der Waals surface area contributed by atoms with Crippen molar-refractivity contribution in [3.63, 3.8) is 0 Å². The second-order valence-corrected chi connectivity index (χ2v) is 7.72. The molecule has 0 spiro atoms. The van der Waals surface area contributed by atoms with Crippen molar-refractivity contribution in [1.82, 2.24) is 9.88 Å². The van der Waals surface area contributed by atoms with Gasteiger partial charge < -0.3 is 14.8 Å². The van der Waals surface area contributed by atoms with Crippen LogP contribution in [0.1, 0.15) is 12.6 Å². The summed E-state index contributed by atoms with van der Waals surface area (Å²) in [4.78, 5) is 19.2. The van der Waals surface area contributed by atoms with Crippen molar-refractivity contribution >= 4 is 22.9 Å². The number of anilines is 1. The molecule has 0 bridgehead atoms. The number of thiazole rings is 1. The summed E-state index contributed by atoms with van der Waals surface area (Å²) in [6, 6.07) is 11.7. The first-order valence-electron chi connectivity index (χ1n) is 9.73. The largest absolute Gasteiger partial charge is 0.486 e. The van der Waals surface area contributed by atoms with E-state index in [-0.39, 0.29) is 18.3 Å². The van der Waals surface area contributed by atoms with Gasteiger partial charge in [-0.05, 0) is 42.9 Å². The van der Waals surface area contributed by atoms with Gasteiger partial charge in [-0.15, -0.1) is 11.3 Å². The van der Waals surface area contributed by atoms with E-state index >= 15 is 0 Å². The second-order valence-electron chi connectivity index (χ2n) is 6.86. The van der Waals surface area contributed by atoms with Gasteiger partial charge >= 0.3 is 0 Å². The van der Waals surface area contributed by atoms with E-state index in [4.69, 9.17) is 9.47 Å². The van der Waals surface area contributed by atoms with E-state index in [2.05, 4.69) is 10.3 Å². The summed E-state index contributed by atoms with van der Waals surface area (Å²) in [5.41, 5.74) is 2.44. The number of halogens is 1. The Morgan fingerprint density at radius 1 is 1.17 bits per heavy atom. The van der Waals surface area contributed by atoms with Gasteiger partial charge in [0.25, 0.3) is 0 Å². The number of benzene rings is 2. The number of fused-ring (bicyclic) bond motifs is 1. The molecule has 1 aliphatic rings. The Kier molecular flexibility index (Phi) is 6.25. The van der Waals surface area contributed by atoms with Gasteiger partial charge in [-0.2, -0.15) is 0 Å². The molecule has 1 aliphatic heterocycles. The Morgan fingerprint density at radius 2 is 1.93 bits per heavy atom. The number of amides is 1. The molecular weight excluding hydrogens is 405 g/mol. The molecule has 0 fully saturated rings. The van der Waals surface area contributed by atoms with E-state index in [0.717, 1.165) is 16.3 Å². The van der Waals surface area contributed by atoms with Crippen molar-refractivity contribution < 1.29 is 18.7 Å². The number of hydrogen-bond acceptors (Lipinski definition) is 6. The van der Waals surface area contributed by atoms with E-state index in [1.807, 2.05) is 17.2 Å². The fourth-order valence-corrected chi connectivity index (χ4v) is 3.96. The zero-order valence-corrected chi connectivity index (χ0v) is 17.4. The van der Waals surface area contributed by atoms with Crippen LogP contribution in [0.15, 0.2) is 47.8 Å². The summed E-state index contributed by atoms with van der Waals surface area (Å²) in [6.07, 6.45) is 0. The molecule has 0 aliphatic carbocycles. The highest BCUT2D eigenvalue weighted by molar-refractivity contribution is 7.13. The smallest absolute Gasteiger partial charge is 0.238 e. The first kappa shape index (κ1) is 20.3. The molecule has 1 aromatic heterocycles. The third kappa shape index (κ3) is 4.95.